The highest BCUT2D eigenvalue weighted by atomic mass is 16.1. The van der Waals surface area contributed by atoms with Crippen LogP contribution in [0.3, 0.4) is 0 Å². The largest absolute Gasteiger partial charge is 0.355 e. The van der Waals surface area contributed by atoms with Crippen molar-refractivity contribution < 1.29 is 4.79 Å². The molecule has 0 bridgehead atoms. The number of hydrogen-bond acceptors (Lipinski definition) is 2. The smallest absolute Gasteiger partial charge is 0.239 e. The van der Waals surface area contributed by atoms with Gasteiger partial charge < -0.3 is 15.2 Å². The van der Waals surface area contributed by atoms with Crippen molar-refractivity contribution in [3.63, 3.8) is 0 Å². The lowest BCUT2D eigenvalue weighted by molar-refractivity contribution is -0.121. The molecule has 1 aliphatic carbocycles. The molecule has 0 radical (unpaired) electrons. The van der Waals surface area contributed by atoms with Crippen LogP contribution in [-0.2, 0) is 17.9 Å². The van der Waals surface area contributed by atoms with Gasteiger partial charge in [0.1, 0.15) is 6.54 Å². The Balaban J connectivity index is 1.67. The number of carbonyl (C=O) groups is 1. The molecule has 112 valence electrons. The SMILES string of the molecule is CCCNC(=O)Cn1ccc2cc(CNC3CC3)ccc21. The minimum absolute atomic E-state index is 0.0776. The number of nitrogens with one attached hydrogen (secondary N) is 2. The van der Waals surface area contributed by atoms with E-state index in [1.807, 2.05) is 10.8 Å². The maximum absolute atomic E-state index is 11.8. The lowest BCUT2D eigenvalue weighted by atomic mass is 10.1. The third kappa shape index (κ3) is 3.64. The molecule has 2 N–H and O–H groups in total. The van der Waals surface area contributed by atoms with E-state index in [2.05, 4.69) is 41.8 Å². The number of fused-ring (bicyclic) bond motifs is 1. The van der Waals surface area contributed by atoms with Crippen molar-refractivity contribution in [2.75, 3.05) is 6.54 Å². The molecule has 4 heteroatoms. The average molecular weight is 285 g/mol. The van der Waals surface area contributed by atoms with E-state index in [9.17, 15) is 4.79 Å². The normalized spacial score (nSPS) is 14.5. The number of rotatable bonds is 7. The fraction of sp³-hybridized carbons (Fsp3) is 0.471. The second-order valence-electron chi connectivity index (χ2n) is 5.84. The highest BCUT2D eigenvalue weighted by Gasteiger charge is 2.19. The molecule has 1 aromatic heterocycles. The Bertz CT molecular complexity index is 628. The summed E-state index contributed by atoms with van der Waals surface area (Å²) >= 11 is 0. The van der Waals surface area contributed by atoms with Crippen LogP contribution in [0.4, 0.5) is 0 Å². The van der Waals surface area contributed by atoms with Gasteiger partial charge in [0.05, 0.1) is 0 Å². The molecular weight excluding hydrogens is 262 g/mol. The molecule has 0 atom stereocenters. The first-order valence-corrected chi connectivity index (χ1v) is 7.84. The summed E-state index contributed by atoms with van der Waals surface area (Å²) in [5, 5.41) is 7.65. The molecule has 3 rings (SSSR count). The summed E-state index contributed by atoms with van der Waals surface area (Å²) in [7, 11) is 0. The molecule has 0 aliphatic heterocycles. The van der Waals surface area contributed by atoms with Crippen LogP contribution in [-0.4, -0.2) is 23.1 Å². The molecule has 0 spiro atoms. The summed E-state index contributed by atoms with van der Waals surface area (Å²) in [4.78, 5) is 11.8. The zero-order chi connectivity index (χ0) is 14.7. The predicted octanol–water partition coefficient (Wildman–Crippen LogP) is 2.42. The van der Waals surface area contributed by atoms with Crippen LogP contribution in [0.2, 0.25) is 0 Å². The lowest BCUT2D eigenvalue weighted by Crippen LogP contribution is -2.27. The molecule has 1 aromatic carbocycles. The van der Waals surface area contributed by atoms with Crippen LogP contribution in [0.1, 0.15) is 31.7 Å². The maximum Gasteiger partial charge on any atom is 0.239 e. The Hall–Kier alpha value is -1.81. The van der Waals surface area contributed by atoms with Gasteiger partial charge in [-0.15, -0.1) is 0 Å². The van der Waals surface area contributed by atoms with Crippen molar-refractivity contribution in [2.24, 2.45) is 0 Å². The number of hydrogen-bond donors (Lipinski definition) is 2. The van der Waals surface area contributed by atoms with Crippen molar-refractivity contribution in [3.05, 3.63) is 36.0 Å². The van der Waals surface area contributed by atoms with E-state index in [1.165, 1.54) is 23.8 Å². The van der Waals surface area contributed by atoms with Crippen LogP contribution in [0.25, 0.3) is 10.9 Å². The Morgan fingerprint density at radius 3 is 2.95 bits per heavy atom. The van der Waals surface area contributed by atoms with Crippen LogP contribution in [0, 0.1) is 0 Å². The molecule has 21 heavy (non-hydrogen) atoms. The molecule has 2 aromatic rings. The fourth-order valence-corrected chi connectivity index (χ4v) is 2.52. The van der Waals surface area contributed by atoms with Gasteiger partial charge in [-0.1, -0.05) is 13.0 Å². The Labute approximate surface area is 125 Å². The quantitative estimate of drug-likeness (QED) is 0.820. The summed E-state index contributed by atoms with van der Waals surface area (Å²) in [5.41, 5.74) is 2.43. The van der Waals surface area contributed by atoms with Crippen molar-refractivity contribution in [1.29, 1.82) is 0 Å². The topological polar surface area (TPSA) is 46.1 Å². The van der Waals surface area contributed by atoms with Crippen molar-refractivity contribution in [2.45, 2.75) is 45.3 Å². The van der Waals surface area contributed by atoms with E-state index in [0.29, 0.717) is 6.54 Å². The molecule has 1 aliphatic rings. The average Bonchev–Trinajstić information content (AvgIpc) is 3.25. The van der Waals surface area contributed by atoms with Crippen molar-refractivity contribution in [3.8, 4) is 0 Å². The molecule has 0 unspecified atom stereocenters. The first-order chi connectivity index (χ1) is 10.3. The summed E-state index contributed by atoms with van der Waals surface area (Å²) in [6, 6.07) is 9.30. The highest BCUT2D eigenvalue weighted by Crippen LogP contribution is 2.21. The van der Waals surface area contributed by atoms with Gasteiger partial charge in [0, 0.05) is 30.8 Å². The summed E-state index contributed by atoms with van der Waals surface area (Å²) < 4.78 is 2.01. The van der Waals surface area contributed by atoms with Crippen LogP contribution in [0.5, 0.6) is 0 Å². The van der Waals surface area contributed by atoms with Gasteiger partial charge in [-0.05, 0) is 48.4 Å². The number of amides is 1. The molecule has 0 saturated heterocycles. The molecule has 1 fully saturated rings. The van der Waals surface area contributed by atoms with Gasteiger partial charge in [0.15, 0.2) is 0 Å². The monoisotopic (exact) mass is 285 g/mol. The zero-order valence-electron chi connectivity index (χ0n) is 12.6. The second kappa shape index (κ2) is 6.31. The highest BCUT2D eigenvalue weighted by molar-refractivity contribution is 5.83. The van der Waals surface area contributed by atoms with Gasteiger partial charge in [0.25, 0.3) is 0 Å². The molecule has 1 saturated carbocycles. The summed E-state index contributed by atoms with van der Waals surface area (Å²) in [6.07, 6.45) is 5.58. The molecule has 4 nitrogen and oxygen atoms in total. The standard InChI is InChI=1S/C17H23N3O/c1-2-8-18-17(21)12-20-9-7-14-10-13(3-6-16(14)20)11-19-15-4-5-15/h3,6-7,9-10,15,19H,2,4-5,8,11-12H2,1H3,(H,18,21). The third-order valence-electron chi connectivity index (χ3n) is 3.89. The summed E-state index contributed by atoms with van der Waals surface area (Å²) in [5.74, 6) is 0.0776. The van der Waals surface area contributed by atoms with Gasteiger partial charge in [-0.25, -0.2) is 0 Å². The minimum Gasteiger partial charge on any atom is -0.355 e. The van der Waals surface area contributed by atoms with Gasteiger partial charge in [0.2, 0.25) is 5.91 Å². The van der Waals surface area contributed by atoms with Crippen LogP contribution in [0.15, 0.2) is 30.5 Å². The first kappa shape index (κ1) is 14.1. The first-order valence-electron chi connectivity index (χ1n) is 7.84. The maximum atomic E-state index is 11.8. The molecule has 1 heterocycles. The van der Waals surface area contributed by atoms with Gasteiger partial charge in [-0.2, -0.15) is 0 Å². The van der Waals surface area contributed by atoms with E-state index in [1.54, 1.807) is 0 Å². The number of aromatic nitrogens is 1. The van der Waals surface area contributed by atoms with E-state index in [4.69, 9.17) is 0 Å². The van der Waals surface area contributed by atoms with Crippen molar-refractivity contribution in [1.82, 2.24) is 15.2 Å². The van der Waals surface area contributed by atoms with E-state index < -0.39 is 0 Å². The Morgan fingerprint density at radius 1 is 1.33 bits per heavy atom. The Kier molecular flexibility index (Phi) is 4.25. The second-order valence-corrected chi connectivity index (χ2v) is 5.84. The lowest BCUT2D eigenvalue weighted by Gasteiger charge is -2.07. The number of nitrogens with zero attached hydrogens (tertiary/aromatic N) is 1. The predicted molar refractivity (Wildman–Crippen MR) is 85.1 cm³/mol. The van der Waals surface area contributed by atoms with Crippen molar-refractivity contribution >= 4 is 16.8 Å². The zero-order valence-corrected chi connectivity index (χ0v) is 12.6. The van der Waals surface area contributed by atoms with Crippen LogP contribution >= 0.6 is 0 Å². The van der Waals surface area contributed by atoms with E-state index >= 15 is 0 Å². The van der Waals surface area contributed by atoms with E-state index in [0.717, 1.165) is 31.1 Å². The third-order valence-corrected chi connectivity index (χ3v) is 3.89. The fourth-order valence-electron chi connectivity index (χ4n) is 2.52. The van der Waals surface area contributed by atoms with Gasteiger partial charge in [-0.3, -0.25) is 4.79 Å². The van der Waals surface area contributed by atoms with Crippen LogP contribution < -0.4 is 10.6 Å². The van der Waals surface area contributed by atoms with E-state index in [-0.39, 0.29) is 5.91 Å². The molecule has 1 amide bonds. The Morgan fingerprint density at radius 2 is 2.19 bits per heavy atom. The number of benzene rings is 1. The minimum atomic E-state index is 0.0776. The van der Waals surface area contributed by atoms with Gasteiger partial charge >= 0.3 is 0 Å². The summed E-state index contributed by atoms with van der Waals surface area (Å²) in [6.45, 7) is 4.13. The molecular formula is C17H23N3O. The number of carbonyl (C=O) groups excluding carboxylic acids is 1.